The Bertz CT molecular complexity index is 2260. The molecule has 11 nitrogen and oxygen atoms in total. The molecule has 1 aliphatic heterocycles. The lowest BCUT2D eigenvalue weighted by Gasteiger charge is -2.30. The lowest BCUT2D eigenvalue weighted by molar-refractivity contribution is -0.384. The van der Waals surface area contributed by atoms with Crippen LogP contribution in [-0.4, -0.2) is 47.6 Å². The van der Waals surface area contributed by atoms with E-state index in [1.165, 1.54) is 30.6 Å². The molecular formula is C35H32N4O7S. The Hall–Kier alpha value is -5.49. The van der Waals surface area contributed by atoms with Crippen molar-refractivity contribution in [2.45, 2.75) is 26.8 Å². The third-order valence-electron chi connectivity index (χ3n) is 8.29. The molecule has 1 aliphatic rings. The third-order valence-corrected chi connectivity index (χ3v) is 9.27. The van der Waals surface area contributed by atoms with E-state index in [1.54, 1.807) is 47.8 Å². The van der Waals surface area contributed by atoms with Gasteiger partial charge in [-0.05, 0) is 55.8 Å². The Morgan fingerprint density at radius 1 is 1.06 bits per heavy atom. The molecule has 47 heavy (non-hydrogen) atoms. The first-order valence-corrected chi connectivity index (χ1v) is 15.8. The molecule has 0 fully saturated rings. The average Bonchev–Trinajstić information content (AvgIpc) is 3.67. The van der Waals surface area contributed by atoms with E-state index in [0.717, 1.165) is 10.8 Å². The smallest absolute Gasteiger partial charge is 0.273 e. The highest BCUT2D eigenvalue weighted by atomic mass is 32.1. The summed E-state index contributed by atoms with van der Waals surface area (Å²) in [5.74, 6) is 1.44. The first-order chi connectivity index (χ1) is 22.7. The Balaban J connectivity index is 1.55. The van der Waals surface area contributed by atoms with E-state index in [2.05, 4.69) is 0 Å². The highest BCUT2D eigenvalue weighted by Crippen LogP contribution is 2.41. The Labute approximate surface area is 273 Å². The van der Waals surface area contributed by atoms with Gasteiger partial charge in [0.2, 0.25) is 0 Å². The van der Waals surface area contributed by atoms with E-state index in [0.29, 0.717) is 62.1 Å². The van der Waals surface area contributed by atoms with Crippen LogP contribution in [0.4, 0.5) is 5.69 Å². The van der Waals surface area contributed by atoms with E-state index in [4.69, 9.17) is 18.9 Å². The molecule has 0 radical (unpaired) electrons. The zero-order chi connectivity index (χ0) is 33.4. The quantitative estimate of drug-likeness (QED) is 0.153. The predicted molar refractivity (Wildman–Crippen MR) is 180 cm³/mol. The monoisotopic (exact) mass is 652 g/mol. The summed E-state index contributed by atoms with van der Waals surface area (Å²) in [5.41, 5.74) is 1.72. The molecular weight excluding hydrogens is 620 g/mol. The molecule has 3 heterocycles. The number of nitrogens with zero attached hydrogens (tertiary/aromatic N) is 4. The molecule has 12 heteroatoms. The summed E-state index contributed by atoms with van der Waals surface area (Å²) in [6.07, 6.45) is 1.63. The van der Waals surface area contributed by atoms with Crippen molar-refractivity contribution < 1.29 is 23.6 Å². The van der Waals surface area contributed by atoms with Crippen molar-refractivity contribution in [1.82, 2.24) is 9.47 Å². The number of aromatic nitrogens is 1. The molecule has 240 valence electrons. The standard InChI is InChI=1S/C35H32N4O7S/c1-6-37(7-2)34(41)30-20(3)36-35-38(32(30)31-24-11-9-8-10-21(24)12-16-27(31)44-4)33(40)29(47-35)19-23-14-17-26(46-23)25-15-13-22(39(42)43)18-28(25)45-5/h8-19,32H,6-7H2,1-5H3/b29-19+/t32-/m1/s1. The van der Waals surface area contributed by atoms with Crippen molar-refractivity contribution in [3.8, 4) is 22.8 Å². The molecule has 1 atom stereocenters. The van der Waals surface area contributed by atoms with Crippen LogP contribution in [0.25, 0.3) is 28.2 Å². The highest BCUT2D eigenvalue weighted by Gasteiger charge is 2.36. The summed E-state index contributed by atoms with van der Waals surface area (Å²) in [7, 11) is 3.00. The van der Waals surface area contributed by atoms with Gasteiger partial charge in [0.1, 0.15) is 29.1 Å². The van der Waals surface area contributed by atoms with Crippen LogP contribution < -0.4 is 24.4 Å². The van der Waals surface area contributed by atoms with Crippen LogP contribution in [-0.2, 0) is 4.79 Å². The van der Waals surface area contributed by atoms with Gasteiger partial charge in [0.05, 0.1) is 46.6 Å². The van der Waals surface area contributed by atoms with E-state index < -0.39 is 11.0 Å². The number of rotatable bonds is 9. The fraction of sp³-hybridized carbons (Fsp3) is 0.229. The van der Waals surface area contributed by atoms with Crippen LogP contribution in [0.2, 0.25) is 0 Å². The summed E-state index contributed by atoms with van der Waals surface area (Å²) < 4.78 is 19.3. The van der Waals surface area contributed by atoms with Gasteiger partial charge in [0, 0.05) is 30.8 Å². The fourth-order valence-electron chi connectivity index (χ4n) is 5.99. The second-order valence-corrected chi connectivity index (χ2v) is 11.8. The number of benzene rings is 3. The molecule has 1 amide bonds. The number of nitro groups is 1. The topological polar surface area (TPSA) is 129 Å². The fourth-order valence-corrected chi connectivity index (χ4v) is 7.01. The second kappa shape index (κ2) is 12.7. The molecule has 0 saturated heterocycles. The first kappa shape index (κ1) is 31.5. The summed E-state index contributed by atoms with van der Waals surface area (Å²) in [4.78, 5) is 46.2. The number of nitro benzene ring substituents is 1. The minimum atomic E-state index is -0.806. The minimum Gasteiger partial charge on any atom is -0.496 e. The predicted octanol–water partition coefficient (Wildman–Crippen LogP) is 5.44. The maximum atomic E-state index is 14.4. The lowest BCUT2D eigenvalue weighted by Crippen LogP contribution is -2.43. The molecule has 0 spiro atoms. The van der Waals surface area contributed by atoms with Gasteiger partial charge >= 0.3 is 0 Å². The lowest BCUT2D eigenvalue weighted by atomic mass is 9.90. The first-order valence-electron chi connectivity index (χ1n) is 15.0. The SMILES string of the molecule is CCN(CC)C(=O)C1=C(C)N=c2s/c(=C/c3ccc(-c4ccc([N+](=O)[O-])cc4OC)o3)c(=O)n2[C@H]1c1c(OC)ccc2ccccc12. The van der Waals surface area contributed by atoms with Gasteiger partial charge in [-0.3, -0.25) is 24.3 Å². The summed E-state index contributed by atoms with van der Waals surface area (Å²) in [6.45, 7) is 6.63. The maximum absolute atomic E-state index is 14.4. The average molecular weight is 653 g/mol. The molecule has 0 N–H and O–H groups in total. The van der Waals surface area contributed by atoms with Gasteiger partial charge in [-0.2, -0.15) is 0 Å². The van der Waals surface area contributed by atoms with Crippen LogP contribution in [0.1, 0.15) is 38.1 Å². The zero-order valence-electron chi connectivity index (χ0n) is 26.5. The Morgan fingerprint density at radius 3 is 2.51 bits per heavy atom. The molecule has 0 bridgehead atoms. The number of allylic oxidation sites excluding steroid dienone is 1. The summed E-state index contributed by atoms with van der Waals surface area (Å²) in [6, 6.07) is 18.5. The number of non-ortho nitro benzene ring substituents is 1. The van der Waals surface area contributed by atoms with Gasteiger partial charge in [0.15, 0.2) is 4.80 Å². The summed E-state index contributed by atoms with van der Waals surface area (Å²) >= 11 is 1.20. The number of hydrogen-bond acceptors (Lipinski definition) is 9. The normalized spacial score (nSPS) is 14.6. The number of hydrogen-bond donors (Lipinski definition) is 0. The Kier molecular flexibility index (Phi) is 8.52. The molecule has 0 unspecified atom stereocenters. The van der Waals surface area contributed by atoms with E-state index in [1.807, 2.05) is 50.2 Å². The van der Waals surface area contributed by atoms with Crippen molar-refractivity contribution in [1.29, 1.82) is 0 Å². The number of likely N-dealkylation sites (N-methyl/N-ethyl adjacent to an activating group) is 1. The van der Waals surface area contributed by atoms with Crippen LogP contribution in [0.5, 0.6) is 11.5 Å². The van der Waals surface area contributed by atoms with Crippen molar-refractivity contribution in [2.75, 3.05) is 27.3 Å². The number of ether oxygens (including phenoxy) is 2. The van der Waals surface area contributed by atoms with Crippen LogP contribution in [0.15, 0.2) is 92.2 Å². The van der Waals surface area contributed by atoms with Crippen LogP contribution in [0, 0.1) is 10.1 Å². The molecule has 2 aromatic heterocycles. The van der Waals surface area contributed by atoms with E-state index >= 15 is 0 Å². The van der Waals surface area contributed by atoms with Crippen LogP contribution >= 0.6 is 11.3 Å². The van der Waals surface area contributed by atoms with Crippen molar-refractivity contribution in [3.05, 3.63) is 119 Å². The number of methoxy groups -OCH3 is 2. The molecule has 6 rings (SSSR count). The van der Waals surface area contributed by atoms with Gasteiger partial charge in [-0.15, -0.1) is 0 Å². The Morgan fingerprint density at radius 2 is 1.81 bits per heavy atom. The van der Waals surface area contributed by atoms with Gasteiger partial charge in [-0.25, -0.2) is 4.99 Å². The number of thiazole rings is 1. The largest absolute Gasteiger partial charge is 0.496 e. The molecule has 5 aromatic rings. The van der Waals surface area contributed by atoms with Crippen molar-refractivity contribution in [3.63, 3.8) is 0 Å². The highest BCUT2D eigenvalue weighted by molar-refractivity contribution is 7.07. The number of carbonyl (C=O) groups excluding carboxylic acids is 1. The van der Waals surface area contributed by atoms with E-state index in [9.17, 15) is 19.7 Å². The van der Waals surface area contributed by atoms with Crippen molar-refractivity contribution >= 4 is 39.8 Å². The minimum absolute atomic E-state index is 0.106. The van der Waals surface area contributed by atoms with E-state index in [-0.39, 0.29) is 22.9 Å². The third kappa shape index (κ3) is 5.50. The van der Waals surface area contributed by atoms with Gasteiger partial charge in [-0.1, -0.05) is 41.7 Å². The van der Waals surface area contributed by atoms with Gasteiger partial charge < -0.3 is 18.8 Å². The zero-order valence-corrected chi connectivity index (χ0v) is 27.3. The van der Waals surface area contributed by atoms with Crippen LogP contribution in [0.3, 0.4) is 0 Å². The van der Waals surface area contributed by atoms with Crippen molar-refractivity contribution in [2.24, 2.45) is 4.99 Å². The maximum Gasteiger partial charge on any atom is 0.273 e. The second-order valence-electron chi connectivity index (χ2n) is 10.8. The number of furan rings is 1. The van der Waals surface area contributed by atoms with Gasteiger partial charge in [0.25, 0.3) is 17.2 Å². The molecule has 3 aromatic carbocycles. The number of carbonyl (C=O) groups is 1. The molecule has 0 saturated carbocycles. The number of amides is 1. The molecule has 0 aliphatic carbocycles. The summed E-state index contributed by atoms with van der Waals surface area (Å²) in [5, 5.41) is 13.1. The number of fused-ring (bicyclic) bond motifs is 2.